The van der Waals surface area contributed by atoms with E-state index in [2.05, 4.69) is 34.2 Å². The van der Waals surface area contributed by atoms with Gasteiger partial charge in [-0.2, -0.15) is 0 Å². The summed E-state index contributed by atoms with van der Waals surface area (Å²) in [6.45, 7) is 2.57. The van der Waals surface area contributed by atoms with Crippen LogP contribution in [0, 0.1) is 0 Å². The lowest BCUT2D eigenvalue weighted by Crippen LogP contribution is -2.35. The minimum atomic E-state index is -0.305. The monoisotopic (exact) mass is 311 g/mol. The fourth-order valence-electron chi connectivity index (χ4n) is 1.94. The summed E-state index contributed by atoms with van der Waals surface area (Å²) in [5.41, 5.74) is 0.942. The predicted octanol–water partition coefficient (Wildman–Crippen LogP) is 3.96. The molecule has 0 aromatic heterocycles. The third kappa shape index (κ3) is 3.25. The smallest absolute Gasteiger partial charge is 0.407 e. The number of nitrogens with one attached hydrogen (secondary N) is 1. The SMILES string of the molecule is CCCCOC(=O)NC1(c2cccc(Br)c2)CC1. The van der Waals surface area contributed by atoms with Crippen molar-refractivity contribution < 1.29 is 9.53 Å². The third-order valence-corrected chi connectivity index (χ3v) is 3.69. The molecule has 0 heterocycles. The Morgan fingerprint density at radius 1 is 1.50 bits per heavy atom. The van der Waals surface area contributed by atoms with Gasteiger partial charge < -0.3 is 10.1 Å². The maximum atomic E-state index is 11.7. The lowest BCUT2D eigenvalue weighted by Gasteiger charge is -2.18. The van der Waals surface area contributed by atoms with Crippen LogP contribution in [-0.4, -0.2) is 12.7 Å². The first kappa shape index (κ1) is 13.4. The zero-order valence-electron chi connectivity index (χ0n) is 10.5. The van der Waals surface area contributed by atoms with Crippen LogP contribution in [0.5, 0.6) is 0 Å². The molecule has 1 aliphatic carbocycles. The van der Waals surface area contributed by atoms with Crippen LogP contribution in [0.2, 0.25) is 0 Å². The lowest BCUT2D eigenvalue weighted by molar-refractivity contribution is 0.139. The molecule has 0 unspecified atom stereocenters. The average Bonchev–Trinajstić information content (AvgIpc) is 3.10. The molecular weight excluding hydrogens is 294 g/mol. The first-order valence-corrected chi connectivity index (χ1v) is 7.16. The molecule has 1 aromatic carbocycles. The van der Waals surface area contributed by atoms with Crippen molar-refractivity contribution >= 4 is 22.0 Å². The second-order valence-corrected chi connectivity index (χ2v) is 5.62. The average molecular weight is 312 g/mol. The quantitative estimate of drug-likeness (QED) is 0.836. The maximum absolute atomic E-state index is 11.7. The fraction of sp³-hybridized carbons (Fsp3) is 0.500. The van der Waals surface area contributed by atoms with Crippen LogP contribution in [-0.2, 0) is 10.3 Å². The number of benzene rings is 1. The number of amides is 1. The molecule has 0 saturated heterocycles. The zero-order chi connectivity index (χ0) is 13.0. The predicted molar refractivity (Wildman–Crippen MR) is 74.4 cm³/mol. The molecule has 0 aliphatic heterocycles. The Morgan fingerprint density at radius 3 is 2.89 bits per heavy atom. The Balaban J connectivity index is 1.94. The molecule has 1 saturated carbocycles. The minimum Gasteiger partial charge on any atom is -0.450 e. The van der Waals surface area contributed by atoms with Crippen LogP contribution < -0.4 is 5.32 Å². The van der Waals surface area contributed by atoms with Gasteiger partial charge in [-0.1, -0.05) is 41.4 Å². The highest BCUT2D eigenvalue weighted by Crippen LogP contribution is 2.46. The van der Waals surface area contributed by atoms with Crippen molar-refractivity contribution in [2.24, 2.45) is 0 Å². The molecule has 0 bridgehead atoms. The second-order valence-electron chi connectivity index (χ2n) is 4.71. The summed E-state index contributed by atoms with van der Waals surface area (Å²) in [6, 6.07) is 8.08. The van der Waals surface area contributed by atoms with Gasteiger partial charge in [0.2, 0.25) is 0 Å². The van der Waals surface area contributed by atoms with E-state index in [9.17, 15) is 4.79 Å². The van der Waals surface area contributed by atoms with Crippen molar-refractivity contribution in [3.63, 3.8) is 0 Å². The summed E-state index contributed by atoms with van der Waals surface area (Å²) >= 11 is 3.46. The van der Waals surface area contributed by atoms with Crippen LogP contribution >= 0.6 is 15.9 Å². The van der Waals surface area contributed by atoms with Gasteiger partial charge in [0.1, 0.15) is 0 Å². The molecule has 1 N–H and O–H groups in total. The van der Waals surface area contributed by atoms with Gasteiger partial charge in [0, 0.05) is 4.47 Å². The Morgan fingerprint density at radius 2 is 2.28 bits per heavy atom. The Kier molecular flexibility index (Phi) is 4.27. The number of alkyl carbamates (subject to hydrolysis) is 1. The highest BCUT2D eigenvalue weighted by atomic mass is 79.9. The van der Waals surface area contributed by atoms with Gasteiger partial charge in [0.05, 0.1) is 12.1 Å². The van der Waals surface area contributed by atoms with Crippen molar-refractivity contribution in [3.05, 3.63) is 34.3 Å². The number of ether oxygens (including phenoxy) is 1. The molecule has 1 amide bonds. The Labute approximate surface area is 116 Å². The Hall–Kier alpha value is -1.03. The van der Waals surface area contributed by atoms with Crippen molar-refractivity contribution in [2.75, 3.05) is 6.61 Å². The summed E-state index contributed by atoms with van der Waals surface area (Å²) in [5, 5.41) is 2.99. The molecule has 4 heteroatoms. The summed E-state index contributed by atoms with van der Waals surface area (Å²) in [5.74, 6) is 0. The number of rotatable bonds is 5. The Bertz CT molecular complexity index is 430. The van der Waals surface area contributed by atoms with Gasteiger partial charge in [0.15, 0.2) is 0 Å². The van der Waals surface area contributed by atoms with Crippen molar-refractivity contribution in [2.45, 2.75) is 38.1 Å². The first-order valence-electron chi connectivity index (χ1n) is 6.37. The molecule has 1 aliphatic rings. The molecule has 1 fully saturated rings. The highest BCUT2D eigenvalue weighted by Gasteiger charge is 2.46. The van der Waals surface area contributed by atoms with E-state index in [1.165, 1.54) is 0 Å². The van der Waals surface area contributed by atoms with E-state index in [4.69, 9.17) is 4.74 Å². The molecule has 18 heavy (non-hydrogen) atoms. The van der Waals surface area contributed by atoms with E-state index in [1.807, 2.05) is 18.2 Å². The summed E-state index contributed by atoms with van der Waals surface area (Å²) in [7, 11) is 0. The molecule has 98 valence electrons. The molecular formula is C14H18BrNO2. The summed E-state index contributed by atoms with van der Waals surface area (Å²) < 4.78 is 6.18. The van der Waals surface area contributed by atoms with Crippen molar-refractivity contribution in [1.82, 2.24) is 5.32 Å². The number of hydrogen-bond donors (Lipinski definition) is 1. The number of carbonyl (C=O) groups is 1. The number of hydrogen-bond acceptors (Lipinski definition) is 2. The minimum absolute atomic E-state index is 0.201. The first-order chi connectivity index (χ1) is 8.66. The highest BCUT2D eigenvalue weighted by molar-refractivity contribution is 9.10. The van der Waals surface area contributed by atoms with Crippen LogP contribution in [0.1, 0.15) is 38.2 Å². The van der Waals surface area contributed by atoms with Gasteiger partial charge >= 0.3 is 6.09 Å². The van der Waals surface area contributed by atoms with Gasteiger partial charge in [-0.25, -0.2) is 4.79 Å². The fourth-order valence-corrected chi connectivity index (χ4v) is 2.34. The molecule has 1 aromatic rings. The van der Waals surface area contributed by atoms with Gasteiger partial charge in [-0.05, 0) is 37.0 Å². The molecule has 0 spiro atoms. The van der Waals surface area contributed by atoms with Gasteiger partial charge in [-0.15, -0.1) is 0 Å². The number of unbranched alkanes of at least 4 members (excludes halogenated alkanes) is 1. The molecule has 0 radical (unpaired) electrons. The standard InChI is InChI=1S/C14H18BrNO2/c1-2-3-9-18-13(17)16-14(7-8-14)11-5-4-6-12(15)10-11/h4-6,10H,2-3,7-9H2,1H3,(H,16,17). The number of carbonyl (C=O) groups excluding carboxylic acids is 1. The molecule has 3 nitrogen and oxygen atoms in total. The van der Waals surface area contributed by atoms with Gasteiger partial charge in [-0.3, -0.25) is 0 Å². The zero-order valence-corrected chi connectivity index (χ0v) is 12.1. The van der Waals surface area contributed by atoms with E-state index in [0.717, 1.165) is 35.7 Å². The summed E-state index contributed by atoms with van der Waals surface area (Å²) in [6.07, 6.45) is 3.60. The largest absolute Gasteiger partial charge is 0.450 e. The summed E-state index contributed by atoms with van der Waals surface area (Å²) in [4.78, 5) is 11.7. The lowest BCUT2D eigenvalue weighted by atomic mass is 10.1. The molecule has 2 rings (SSSR count). The normalized spacial score (nSPS) is 16.1. The maximum Gasteiger partial charge on any atom is 0.407 e. The van der Waals surface area contributed by atoms with E-state index in [-0.39, 0.29) is 11.6 Å². The van der Waals surface area contributed by atoms with Crippen molar-refractivity contribution in [3.8, 4) is 0 Å². The molecule has 0 atom stereocenters. The second kappa shape index (κ2) is 5.74. The van der Waals surface area contributed by atoms with Crippen LogP contribution in [0.15, 0.2) is 28.7 Å². The van der Waals surface area contributed by atoms with Gasteiger partial charge in [0.25, 0.3) is 0 Å². The third-order valence-electron chi connectivity index (χ3n) is 3.20. The van der Waals surface area contributed by atoms with Crippen LogP contribution in [0.3, 0.4) is 0 Å². The van der Waals surface area contributed by atoms with E-state index < -0.39 is 0 Å². The van der Waals surface area contributed by atoms with E-state index >= 15 is 0 Å². The topological polar surface area (TPSA) is 38.3 Å². The van der Waals surface area contributed by atoms with E-state index in [1.54, 1.807) is 0 Å². The number of halogens is 1. The van der Waals surface area contributed by atoms with Crippen molar-refractivity contribution in [1.29, 1.82) is 0 Å². The van der Waals surface area contributed by atoms with Crippen LogP contribution in [0.25, 0.3) is 0 Å². The van der Waals surface area contributed by atoms with Crippen LogP contribution in [0.4, 0.5) is 4.79 Å². The van der Waals surface area contributed by atoms with E-state index in [0.29, 0.717) is 6.61 Å².